The lowest BCUT2D eigenvalue weighted by atomic mass is 10.3. The molecule has 0 aliphatic carbocycles. The highest BCUT2D eigenvalue weighted by atomic mass is 16.5. The Balaban J connectivity index is 1.79. The topological polar surface area (TPSA) is 91.6 Å². The lowest BCUT2D eigenvalue weighted by Crippen LogP contribution is -2.21. The number of aryl methyl sites for hydroxylation is 1. The second kappa shape index (κ2) is 5.16. The Morgan fingerprint density at radius 1 is 1.22 bits per heavy atom. The average Bonchev–Trinajstić information content (AvgIpc) is 3.17. The Morgan fingerprint density at radius 3 is 2.78 bits per heavy atom. The van der Waals surface area contributed by atoms with Crippen LogP contribution in [0.25, 0.3) is 16.9 Å². The van der Waals surface area contributed by atoms with E-state index in [1.807, 2.05) is 30.3 Å². The number of rotatable bonds is 3. The molecule has 0 saturated carbocycles. The van der Waals surface area contributed by atoms with Gasteiger partial charge >= 0.3 is 0 Å². The number of hydrogen-bond donors (Lipinski definition) is 0. The second-order valence-corrected chi connectivity index (χ2v) is 5.12. The SMILES string of the molecule is Cc1cc(Cn2cnc3c(nnn3-c3ccccc3)c2=O)no1. The molecule has 0 fully saturated rings. The summed E-state index contributed by atoms with van der Waals surface area (Å²) in [6, 6.07) is 11.2. The van der Waals surface area contributed by atoms with Gasteiger partial charge in [0.25, 0.3) is 5.56 Å². The zero-order valence-electron chi connectivity index (χ0n) is 12.2. The summed E-state index contributed by atoms with van der Waals surface area (Å²) in [5.41, 5.74) is 1.83. The van der Waals surface area contributed by atoms with Gasteiger partial charge in [-0.3, -0.25) is 9.36 Å². The third-order valence-electron chi connectivity index (χ3n) is 3.44. The predicted molar refractivity (Wildman–Crippen MR) is 81.3 cm³/mol. The standard InChI is InChI=1S/C15H12N6O2/c1-10-7-11(18-23-10)8-20-9-16-14-13(15(20)22)17-19-21(14)12-5-3-2-4-6-12/h2-7,9H,8H2,1H3. The smallest absolute Gasteiger partial charge is 0.283 e. The van der Waals surface area contributed by atoms with E-state index in [1.54, 1.807) is 17.7 Å². The molecule has 0 saturated heterocycles. The summed E-state index contributed by atoms with van der Waals surface area (Å²) in [4.78, 5) is 16.9. The van der Waals surface area contributed by atoms with Crippen LogP contribution in [0.1, 0.15) is 11.5 Å². The predicted octanol–water partition coefficient (Wildman–Crippen LogP) is 1.32. The van der Waals surface area contributed by atoms with Crippen LogP contribution in [0, 0.1) is 6.92 Å². The molecule has 4 rings (SSSR count). The summed E-state index contributed by atoms with van der Waals surface area (Å²) in [5.74, 6) is 0.692. The molecule has 1 aromatic carbocycles. The third-order valence-corrected chi connectivity index (χ3v) is 3.44. The highest BCUT2D eigenvalue weighted by molar-refractivity contribution is 5.70. The van der Waals surface area contributed by atoms with E-state index in [1.165, 1.54) is 10.9 Å². The molecular formula is C15H12N6O2. The Labute approximate surface area is 130 Å². The van der Waals surface area contributed by atoms with Crippen molar-refractivity contribution in [2.24, 2.45) is 0 Å². The van der Waals surface area contributed by atoms with Crippen LogP contribution in [-0.4, -0.2) is 29.7 Å². The molecule has 0 unspecified atom stereocenters. The van der Waals surface area contributed by atoms with Gasteiger partial charge in [-0.2, -0.15) is 4.68 Å². The van der Waals surface area contributed by atoms with Crippen molar-refractivity contribution >= 4 is 11.2 Å². The molecule has 23 heavy (non-hydrogen) atoms. The largest absolute Gasteiger partial charge is 0.361 e. The minimum absolute atomic E-state index is 0.219. The number of fused-ring (bicyclic) bond motifs is 1. The second-order valence-electron chi connectivity index (χ2n) is 5.12. The first-order valence-corrected chi connectivity index (χ1v) is 7.01. The van der Waals surface area contributed by atoms with Crippen LogP contribution in [-0.2, 0) is 6.54 Å². The Kier molecular flexibility index (Phi) is 3.00. The minimum Gasteiger partial charge on any atom is -0.361 e. The summed E-state index contributed by atoms with van der Waals surface area (Å²) >= 11 is 0. The van der Waals surface area contributed by atoms with E-state index >= 15 is 0 Å². The van der Waals surface area contributed by atoms with Gasteiger partial charge in [0.1, 0.15) is 17.8 Å². The summed E-state index contributed by atoms with van der Waals surface area (Å²) in [5, 5.41) is 11.9. The molecular weight excluding hydrogens is 296 g/mol. The van der Waals surface area contributed by atoms with Gasteiger partial charge in [0, 0.05) is 6.07 Å². The van der Waals surface area contributed by atoms with Crippen molar-refractivity contribution in [2.75, 3.05) is 0 Å². The highest BCUT2D eigenvalue weighted by Gasteiger charge is 2.14. The van der Waals surface area contributed by atoms with Crippen LogP contribution in [0.15, 0.2) is 52.0 Å². The van der Waals surface area contributed by atoms with Crippen molar-refractivity contribution < 1.29 is 4.52 Å². The van der Waals surface area contributed by atoms with Gasteiger partial charge in [-0.25, -0.2) is 4.98 Å². The Bertz CT molecular complexity index is 1030. The van der Waals surface area contributed by atoms with E-state index in [2.05, 4.69) is 20.5 Å². The lowest BCUT2D eigenvalue weighted by molar-refractivity contribution is 0.388. The van der Waals surface area contributed by atoms with Gasteiger partial charge in [0.2, 0.25) is 0 Å². The Hall–Kier alpha value is -3.29. The fraction of sp³-hybridized carbons (Fsp3) is 0.133. The third kappa shape index (κ3) is 2.30. The first-order valence-electron chi connectivity index (χ1n) is 7.01. The van der Waals surface area contributed by atoms with Crippen LogP contribution < -0.4 is 5.56 Å². The quantitative estimate of drug-likeness (QED) is 0.567. The molecule has 3 aromatic heterocycles. The van der Waals surface area contributed by atoms with Crippen LogP contribution in [0.4, 0.5) is 0 Å². The van der Waals surface area contributed by atoms with Gasteiger partial charge in [0.05, 0.1) is 12.2 Å². The maximum atomic E-state index is 12.5. The van der Waals surface area contributed by atoms with Crippen molar-refractivity contribution in [1.29, 1.82) is 0 Å². The molecule has 0 radical (unpaired) electrons. The number of aromatic nitrogens is 6. The average molecular weight is 308 g/mol. The minimum atomic E-state index is -0.266. The maximum Gasteiger partial charge on any atom is 0.283 e. The van der Waals surface area contributed by atoms with Gasteiger partial charge in [-0.05, 0) is 19.1 Å². The first-order chi connectivity index (χ1) is 11.2. The fourth-order valence-electron chi connectivity index (χ4n) is 2.37. The van der Waals surface area contributed by atoms with E-state index in [-0.39, 0.29) is 17.6 Å². The van der Waals surface area contributed by atoms with E-state index in [0.717, 1.165) is 5.69 Å². The molecule has 0 N–H and O–H groups in total. The van der Waals surface area contributed by atoms with Crippen molar-refractivity contribution in [1.82, 2.24) is 29.7 Å². The number of nitrogens with zero attached hydrogens (tertiary/aromatic N) is 6. The molecule has 0 atom stereocenters. The van der Waals surface area contributed by atoms with Gasteiger partial charge < -0.3 is 4.52 Å². The molecule has 0 amide bonds. The number of benzene rings is 1. The normalized spacial score (nSPS) is 11.2. The summed E-state index contributed by atoms with van der Waals surface area (Å²) in [7, 11) is 0. The number of para-hydroxylation sites is 1. The number of hydrogen-bond acceptors (Lipinski definition) is 6. The lowest BCUT2D eigenvalue weighted by Gasteiger charge is -2.03. The summed E-state index contributed by atoms with van der Waals surface area (Å²) in [6.45, 7) is 2.07. The van der Waals surface area contributed by atoms with Gasteiger partial charge in [0.15, 0.2) is 11.2 Å². The zero-order chi connectivity index (χ0) is 15.8. The highest BCUT2D eigenvalue weighted by Crippen LogP contribution is 2.11. The first kappa shape index (κ1) is 13.4. The van der Waals surface area contributed by atoms with Crippen LogP contribution in [0.2, 0.25) is 0 Å². The van der Waals surface area contributed by atoms with E-state index < -0.39 is 0 Å². The molecule has 3 heterocycles. The molecule has 0 spiro atoms. The molecule has 114 valence electrons. The molecule has 8 heteroatoms. The molecule has 8 nitrogen and oxygen atoms in total. The fourth-order valence-corrected chi connectivity index (χ4v) is 2.37. The van der Waals surface area contributed by atoms with E-state index in [4.69, 9.17) is 4.52 Å². The van der Waals surface area contributed by atoms with E-state index in [9.17, 15) is 4.79 Å². The summed E-state index contributed by atoms with van der Waals surface area (Å²) in [6.07, 6.45) is 1.47. The zero-order valence-corrected chi connectivity index (χ0v) is 12.2. The van der Waals surface area contributed by atoms with Crippen LogP contribution in [0.5, 0.6) is 0 Å². The summed E-state index contributed by atoms with van der Waals surface area (Å²) < 4.78 is 7.99. The Morgan fingerprint density at radius 2 is 2.04 bits per heavy atom. The molecule has 0 aliphatic rings. The molecule has 4 aromatic rings. The molecule has 0 aliphatic heterocycles. The van der Waals surface area contributed by atoms with E-state index in [0.29, 0.717) is 17.1 Å². The van der Waals surface area contributed by atoms with Crippen molar-refractivity contribution in [3.8, 4) is 5.69 Å². The van der Waals surface area contributed by atoms with Gasteiger partial charge in [-0.1, -0.05) is 28.6 Å². The monoisotopic (exact) mass is 308 g/mol. The van der Waals surface area contributed by atoms with Crippen molar-refractivity contribution in [2.45, 2.75) is 13.5 Å². The van der Waals surface area contributed by atoms with Gasteiger partial charge in [-0.15, -0.1) is 5.10 Å². The van der Waals surface area contributed by atoms with Crippen LogP contribution in [0.3, 0.4) is 0 Å². The molecule has 0 bridgehead atoms. The maximum absolute atomic E-state index is 12.5. The van der Waals surface area contributed by atoms with Crippen molar-refractivity contribution in [3.63, 3.8) is 0 Å². The van der Waals surface area contributed by atoms with Crippen LogP contribution >= 0.6 is 0 Å². The van der Waals surface area contributed by atoms with Crippen molar-refractivity contribution in [3.05, 3.63) is 64.5 Å².